The Morgan fingerprint density at radius 3 is 2.44 bits per heavy atom. The maximum atomic E-state index is 12.0. The SMILES string of the molecule is COc1ccc(C(=O)c2cc(C)cs2)cc1. The van der Waals surface area contributed by atoms with Crippen LogP contribution in [-0.4, -0.2) is 12.9 Å². The lowest BCUT2D eigenvalue weighted by molar-refractivity contribution is 0.104. The second-order valence-electron chi connectivity index (χ2n) is 3.55. The molecule has 0 bridgehead atoms. The quantitative estimate of drug-likeness (QED) is 0.759. The van der Waals surface area contributed by atoms with Crippen LogP contribution in [0.25, 0.3) is 0 Å². The van der Waals surface area contributed by atoms with E-state index in [0.29, 0.717) is 5.56 Å². The summed E-state index contributed by atoms with van der Waals surface area (Å²) in [5.41, 5.74) is 1.82. The predicted molar refractivity (Wildman–Crippen MR) is 65.5 cm³/mol. The fourth-order valence-electron chi connectivity index (χ4n) is 1.43. The monoisotopic (exact) mass is 232 g/mol. The van der Waals surface area contributed by atoms with E-state index >= 15 is 0 Å². The molecule has 0 saturated heterocycles. The number of hydrogen-bond donors (Lipinski definition) is 0. The molecule has 82 valence electrons. The molecule has 0 unspecified atom stereocenters. The van der Waals surface area contributed by atoms with Crippen LogP contribution in [-0.2, 0) is 0 Å². The number of aryl methyl sites for hydroxylation is 1. The van der Waals surface area contributed by atoms with Gasteiger partial charge in [-0.2, -0.15) is 0 Å². The second kappa shape index (κ2) is 4.49. The average Bonchev–Trinajstić information content (AvgIpc) is 2.75. The molecule has 0 radical (unpaired) electrons. The maximum absolute atomic E-state index is 12.0. The van der Waals surface area contributed by atoms with Gasteiger partial charge < -0.3 is 4.74 Å². The fourth-order valence-corrected chi connectivity index (χ4v) is 2.29. The standard InChI is InChI=1S/C13H12O2S/c1-9-7-12(16-8-9)13(14)10-3-5-11(15-2)6-4-10/h3-8H,1-2H3. The van der Waals surface area contributed by atoms with Gasteiger partial charge in [0.25, 0.3) is 0 Å². The van der Waals surface area contributed by atoms with Gasteiger partial charge in [0.2, 0.25) is 5.78 Å². The van der Waals surface area contributed by atoms with Gasteiger partial charge in [-0.3, -0.25) is 4.79 Å². The van der Waals surface area contributed by atoms with Crippen LogP contribution in [0, 0.1) is 6.92 Å². The Labute approximate surface area is 98.5 Å². The molecule has 0 spiro atoms. The smallest absolute Gasteiger partial charge is 0.202 e. The maximum Gasteiger partial charge on any atom is 0.202 e. The van der Waals surface area contributed by atoms with E-state index in [0.717, 1.165) is 16.2 Å². The van der Waals surface area contributed by atoms with E-state index in [4.69, 9.17) is 4.74 Å². The van der Waals surface area contributed by atoms with Crippen LogP contribution in [0.3, 0.4) is 0 Å². The van der Waals surface area contributed by atoms with E-state index in [1.165, 1.54) is 11.3 Å². The van der Waals surface area contributed by atoms with Gasteiger partial charge in [-0.25, -0.2) is 0 Å². The number of benzene rings is 1. The molecular weight excluding hydrogens is 220 g/mol. The Morgan fingerprint density at radius 1 is 1.25 bits per heavy atom. The summed E-state index contributed by atoms with van der Waals surface area (Å²) in [6, 6.07) is 9.09. The lowest BCUT2D eigenvalue weighted by atomic mass is 10.1. The zero-order chi connectivity index (χ0) is 11.5. The number of ether oxygens (including phenoxy) is 1. The lowest BCUT2D eigenvalue weighted by Gasteiger charge is -2.01. The van der Waals surface area contributed by atoms with Crippen molar-refractivity contribution in [2.24, 2.45) is 0 Å². The number of methoxy groups -OCH3 is 1. The third kappa shape index (κ3) is 2.14. The highest BCUT2D eigenvalue weighted by Crippen LogP contribution is 2.19. The summed E-state index contributed by atoms with van der Waals surface area (Å²) in [6.45, 7) is 1.99. The second-order valence-corrected chi connectivity index (χ2v) is 4.46. The van der Waals surface area contributed by atoms with Crippen molar-refractivity contribution in [1.29, 1.82) is 0 Å². The summed E-state index contributed by atoms with van der Waals surface area (Å²) in [7, 11) is 1.61. The largest absolute Gasteiger partial charge is 0.497 e. The molecule has 0 aliphatic heterocycles. The van der Waals surface area contributed by atoms with Crippen molar-refractivity contribution in [3.63, 3.8) is 0 Å². The summed E-state index contributed by atoms with van der Waals surface area (Å²) in [5.74, 6) is 0.833. The van der Waals surface area contributed by atoms with Gasteiger partial charge in [0.15, 0.2) is 0 Å². The predicted octanol–water partition coefficient (Wildman–Crippen LogP) is 3.30. The molecule has 1 aromatic heterocycles. The zero-order valence-electron chi connectivity index (χ0n) is 9.19. The van der Waals surface area contributed by atoms with Crippen LogP contribution >= 0.6 is 11.3 Å². The molecule has 3 heteroatoms. The molecule has 2 rings (SSSR count). The number of carbonyl (C=O) groups is 1. The van der Waals surface area contributed by atoms with Crippen LogP contribution in [0.2, 0.25) is 0 Å². The summed E-state index contributed by atoms with van der Waals surface area (Å²) >= 11 is 1.48. The first-order valence-corrected chi connectivity index (χ1v) is 5.82. The van der Waals surface area contributed by atoms with E-state index in [-0.39, 0.29) is 5.78 Å². The molecule has 16 heavy (non-hydrogen) atoms. The van der Waals surface area contributed by atoms with E-state index in [9.17, 15) is 4.79 Å². The van der Waals surface area contributed by atoms with Gasteiger partial charge >= 0.3 is 0 Å². The minimum atomic E-state index is 0.0701. The van der Waals surface area contributed by atoms with Crippen molar-refractivity contribution in [3.8, 4) is 5.75 Å². The first-order valence-electron chi connectivity index (χ1n) is 4.94. The van der Waals surface area contributed by atoms with Gasteiger partial charge in [-0.15, -0.1) is 11.3 Å². The third-order valence-electron chi connectivity index (χ3n) is 2.31. The Hall–Kier alpha value is -1.61. The number of thiophene rings is 1. The van der Waals surface area contributed by atoms with Crippen LogP contribution < -0.4 is 4.74 Å². The minimum absolute atomic E-state index is 0.0701. The van der Waals surface area contributed by atoms with Crippen LogP contribution in [0.5, 0.6) is 5.75 Å². The topological polar surface area (TPSA) is 26.3 Å². The summed E-state index contributed by atoms with van der Waals surface area (Å²) in [6.07, 6.45) is 0. The molecule has 0 fully saturated rings. The van der Waals surface area contributed by atoms with Crippen molar-refractivity contribution < 1.29 is 9.53 Å². The summed E-state index contributed by atoms with van der Waals surface area (Å²) in [4.78, 5) is 12.8. The third-order valence-corrected chi connectivity index (χ3v) is 3.35. The van der Waals surface area contributed by atoms with E-state index in [2.05, 4.69) is 0 Å². The molecular formula is C13H12O2S. The first-order chi connectivity index (χ1) is 7.70. The molecule has 1 aromatic carbocycles. The van der Waals surface area contributed by atoms with Crippen LogP contribution in [0.4, 0.5) is 0 Å². The van der Waals surface area contributed by atoms with Crippen molar-refractivity contribution in [1.82, 2.24) is 0 Å². The van der Waals surface area contributed by atoms with E-state index in [1.54, 1.807) is 31.4 Å². The molecule has 0 atom stereocenters. The van der Waals surface area contributed by atoms with E-state index < -0.39 is 0 Å². The lowest BCUT2D eigenvalue weighted by Crippen LogP contribution is -1.98. The van der Waals surface area contributed by atoms with Crippen molar-refractivity contribution >= 4 is 17.1 Å². The number of carbonyl (C=O) groups excluding carboxylic acids is 1. The summed E-state index contributed by atoms with van der Waals surface area (Å²) in [5, 5.41) is 1.98. The van der Waals surface area contributed by atoms with Gasteiger partial charge in [-0.05, 0) is 48.2 Å². The van der Waals surface area contributed by atoms with Crippen LogP contribution in [0.15, 0.2) is 35.7 Å². The molecule has 2 aromatic rings. The van der Waals surface area contributed by atoms with Gasteiger partial charge in [0, 0.05) is 5.56 Å². The van der Waals surface area contributed by atoms with Gasteiger partial charge in [0.05, 0.1) is 12.0 Å². The van der Waals surface area contributed by atoms with E-state index in [1.807, 2.05) is 18.4 Å². The Morgan fingerprint density at radius 2 is 1.94 bits per heavy atom. The van der Waals surface area contributed by atoms with Gasteiger partial charge in [0.1, 0.15) is 5.75 Å². The average molecular weight is 232 g/mol. The Balaban J connectivity index is 2.27. The fraction of sp³-hybridized carbons (Fsp3) is 0.154. The zero-order valence-corrected chi connectivity index (χ0v) is 10.0. The molecule has 2 nitrogen and oxygen atoms in total. The van der Waals surface area contributed by atoms with Crippen molar-refractivity contribution in [2.45, 2.75) is 6.92 Å². The summed E-state index contributed by atoms with van der Waals surface area (Å²) < 4.78 is 5.05. The first kappa shape index (κ1) is 10.9. The highest BCUT2D eigenvalue weighted by Gasteiger charge is 2.10. The number of hydrogen-bond acceptors (Lipinski definition) is 3. The minimum Gasteiger partial charge on any atom is -0.497 e. The highest BCUT2D eigenvalue weighted by molar-refractivity contribution is 7.12. The number of rotatable bonds is 3. The van der Waals surface area contributed by atoms with Crippen LogP contribution in [0.1, 0.15) is 20.8 Å². The molecule has 0 N–H and O–H groups in total. The van der Waals surface area contributed by atoms with Gasteiger partial charge in [-0.1, -0.05) is 0 Å². The molecule has 1 heterocycles. The molecule has 0 aliphatic carbocycles. The van der Waals surface area contributed by atoms with Crippen molar-refractivity contribution in [3.05, 3.63) is 51.7 Å². The molecule has 0 aliphatic rings. The Bertz CT molecular complexity index is 497. The number of ketones is 1. The normalized spacial score (nSPS) is 10.1. The van der Waals surface area contributed by atoms with Crippen molar-refractivity contribution in [2.75, 3.05) is 7.11 Å². The molecule has 0 amide bonds. The highest BCUT2D eigenvalue weighted by atomic mass is 32.1. The Kier molecular flexibility index (Phi) is 3.06. The molecule has 0 saturated carbocycles.